The fraction of sp³-hybridized carbons (Fsp3) is 0.120. The van der Waals surface area contributed by atoms with Crippen molar-refractivity contribution in [3.8, 4) is 0 Å². The third-order valence-corrected chi connectivity index (χ3v) is 7.21. The summed E-state index contributed by atoms with van der Waals surface area (Å²) in [6.07, 6.45) is 1.07. The molecule has 2 N–H and O–H groups in total. The second-order valence-corrected chi connectivity index (χ2v) is 9.33. The molecule has 2 aromatic heterocycles. The molecule has 0 saturated carbocycles. The van der Waals surface area contributed by atoms with E-state index in [0.717, 1.165) is 25.2 Å². The summed E-state index contributed by atoms with van der Waals surface area (Å²) < 4.78 is 0. The summed E-state index contributed by atoms with van der Waals surface area (Å²) in [5, 5.41) is 11.6. The third-order valence-electron chi connectivity index (χ3n) is 5.50. The van der Waals surface area contributed by atoms with Gasteiger partial charge in [0, 0.05) is 34.7 Å². The van der Waals surface area contributed by atoms with E-state index in [2.05, 4.69) is 27.0 Å². The Kier molecular flexibility index (Phi) is 5.75. The predicted octanol–water partition coefficient (Wildman–Crippen LogP) is 5.88. The van der Waals surface area contributed by atoms with Gasteiger partial charge < -0.3 is 15.5 Å². The highest BCUT2D eigenvalue weighted by atomic mass is 32.1. The number of carbonyl (C=O) groups excluding carboxylic acids is 2. The molecule has 0 spiro atoms. The molecule has 7 heteroatoms. The van der Waals surface area contributed by atoms with E-state index < -0.39 is 0 Å². The van der Waals surface area contributed by atoms with Crippen molar-refractivity contribution in [3.63, 3.8) is 0 Å². The van der Waals surface area contributed by atoms with Gasteiger partial charge in [0.25, 0.3) is 11.8 Å². The summed E-state index contributed by atoms with van der Waals surface area (Å²) in [5.41, 5.74) is 4.74. The Morgan fingerprint density at radius 3 is 2.53 bits per heavy atom. The maximum atomic E-state index is 12.9. The normalized spacial score (nSPS) is 12.8. The first-order valence-electron chi connectivity index (χ1n) is 10.3. The zero-order valence-electron chi connectivity index (χ0n) is 17.2. The minimum absolute atomic E-state index is 0.230. The van der Waals surface area contributed by atoms with Crippen LogP contribution in [0.4, 0.5) is 17.1 Å². The summed E-state index contributed by atoms with van der Waals surface area (Å²) in [6.45, 7) is 1.91. The van der Waals surface area contributed by atoms with Gasteiger partial charge in [-0.1, -0.05) is 12.1 Å². The number of nitrogens with one attached hydrogen (secondary N) is 2. The van der Waals surface area contributed by atoms with Crippen LogP contribution in [0.1, 0.15) is 31.2 Å². The molecule has 5 nitrogen and oxygen atoms in total. The highest BCUT2D eigenvalue weighted by Crippen LogP contribution is 2.28. The van der Waals surface area contributed by atoms with E-state index in [1.54, 1.807) is 35.7 Å². The Bertz CT molecular complexity index is 1250. The topological polar surface area (TPSA) is 61.4 Å². The van der Waals surface area contributed by atoms with Crippen LogP contribution in [-0.4, -0.2) is 18.4 Å². The number of para-hydroxylation sites is 1. The summed E-state index contributed by atoms with van der Waals surface area (Å²) >= 11 is 3.29. The highest BCUT2D eigenvalue weighted by molar-refractivity contribution is 7.10. The van der Waals surface area contributed by atoms with E-state index in [-0.39, 0.29) is 11.8 Å². The van der Waals surface area contributed by atoms with E-state index in [1.165, 1.54) is 21.8 Å². The number of amides is 2. The molecule has 2 aromatic carbocycles. The van der Waals surface area contributed by atoms with Crippen LogP contribution < -0.4 is 15.5 Å². The SMILES string of the molecule is O=C(Nc1ccccc1C(=O)Nc1ccc(N2CCc3sccc3C2)cc1)c1ccsc1. The van der Waals surface area contributed by atoms with Gasteiger partial charge in [0.15, 0.2) is 0 Å². The molecule has 3 heterocycles. The maximum Gasteiger partial charge on any atom is 0.257 e. The average Bonchev–Trinajstić information content (AvgIpc) is 3.52. The van der Waals surface area contributed by atoms with Gasteiger partial charge in [-0.15, -0.1) is 11.3 Å². The summed E-state index contributed by atoms with van der Waals surface area (Å²) in [5.74, 6) is -0.494. The molecule has 5 rings (SSSR count). The summed E-state index contributed by atoms with van der Waals surface area (Å²) in [7, 11) is 0. The van der Waals surface area contributed by atoms with Crippen molar-refractivity contribution in [3.05, 3.63) is 98.4 Å². The summed E-state index contributed by atoms with van der Waals surface area (Å²) in [6, 6.07) is 18.9. The molecule has 0 radical (unpaired) electrons. The maximum absolute atomic E-state index is 12.9. The van der Waals surface area contributed by atoms with Crippen LogP contribution in [0.25, 0.3) is 0 Å². The first kappa shape index (κ1) is 20.5. The number of carbonyl (C=O) groups is 2. The number of benzene rings is 2. The van der Waals surface area contributed by atoms with Crippen LogP contribution in [-0.2, 0) is 13.0 Å². The highest BCUT2D eigenvalue weighted by Gasteiger charge is 2.18. The van der Waals surface area contributed by atoms with Gasteiger partial charge in [-0.2, -0.15) is 11.3 Å². The largest absolute Gasteiger partial charge is 0.367 e. The van der Waals surface area contributed by atoms with Gasteiger partial charge >= 0.3 is 0 Å². The molecule has 1 aliphatic heterocycles. The predicted molar refractivity (Wildman–Crippen MR) is 132 cm³/mol. The van der Waals surface area contributed by atoms with Crippen molar-refractivity contribution in [2.75, 3.05) is 22.1 Å². The molecule has 0 unspecified atom stereocenters. The fourth-order valence-electron chi connectivity index (χ4n) is 3.80. The van der Waals surface area contributed by atoms with Gasteiger partial charge in [-0.3, -0.25) is 9.59 Å². The van der Waals surface area contributed by atoms with Gasteiger partial charge in [-0.05, 0) is 71.3 Å². The third kappa shape index (κ3) is 4.30. The molecule has 2 amide bonds. The van der Waals surface area contributed by atoms with E-state index in [0.29, 0.717) is 22.5 Å². The van der Waals surface area contributed by atoms with Gasteiger partial charge in [0.05, 0.1) is 16.8 Å². The monoisotopic (exact) mass is 459 g/mol. The molecule has 4 aromatic rings. The van der Waals surface area contributed by atoms with Crippen LogP contribution in [0, 0.1) is 0 Å². The fourth-order valence-corrected chi connectivity index (χ4v) is 5.33. The van der Waals surface area contributed by atoms with Crippen molar-refractivity contribution >= 4 is 51.6 Å². The minimum Gasteiger partial charge on any atom is -0.367 e. The smallest absolute Gasteiger partial charge is 0.257 e. The first-order valence-corrected chi connectivity index (χ1v) is 12.1. The zero-order chi connectivity index (χ0) is 21.9. The zero-order valence-corrected chi connectivity index (χ0v) is 18.8. The van der Waals surface area contributed by atoms with Crippen molar-refractivity contribution in [2.45, 2.75) is 13.0 Å². The van der Waals surface area contributed by atoms with Gasteiger partial charge in [0.2, 0.25) is 0 Å². The molecule has 32 heavy (non-hydrogen) atoms. The molecule has 160 valence electrons. The number of hydrogen-bond acceptors (Lipinski definition) is 5. The molecular weight excluding hydrogens is 438 g/mol. The number of rotatable bonds is 5. The van der Waals surface area contributed by atoms with E-state index in [9.17, 15) is 9.59 Å². The standard InChI is InChI=1S/C25H21N3O2S2/c29-24(18-10-13-31-16-18)27-22-4-2-1-3-21(22)25(30)26-19-5-7-20(8-6-19)28-12-9-23-17(15-28)11-14-32-23/h1-8,10-11,13-14,16H,9,12,15H2,(H,26,30)(H,27,29). The number of hydrogen-bond donors (Lipinski definition) is 2. The van der Waals surface area contributed by atoms with E-state index >= 15 is 0 Å². The lowest BCUT2D eigenvalue weighted by atomic mass is 10.1. The number of fused-ring (bicyclic) bond motifs is 1. The molecule has 0 aliphatic carbocycles. The molecule has 1 aliphatic rings. The molecule has 0 atom stereocenters. The van der Waals surface area contributed by atoms with E-state index in [4.69, 9.17) is 0 Å². The van der Waals surface area contributed by atoms with Crippen LogP contribution in [0.2, 0.25) is 0 Å². The Labute approximate surface area is 194 Å². The lowest BCUT2D eigenvalue weighted by Crippen LogP contribution is -2.29. The van der Waals surface area contributed by atoms with Crippen molar-refractivity contribution in [1.29, 1.82) is 0 Å². The molecule has 0 fully saturated rings. The molecule has 0 saturated heterocycles. The van der Waals surface area contributed by atoms with Crippen LogP contribution in [0.15, 0.2) is 76.8 Å². The average molecular weight is 460 g/mol. The summed E-state index contributed by atoms with van der Waals surface area (Å²) in [4.78, 5) is 29.2. The lowest BCUT2D eigenvalue weighted by Gasteiger charge is -2.29. The van der Waals surface area contributed by atoms with Gasteiger partial charge in [0.1, 0.15) is 0 Å². The van der Waals surface area contributed by atoms with Gasteiger partial charge in [-0.25, -0.2) is 0 Å². The van der Waals surface area contributed by atoms with E-state index in [1.807, 2.05) is 41.0 Å². The Morgan fingerprint density at radius 2 is 1.72 bits per heavy atom. The van der Waals surface area contributed by atoms with Crippen LogP contribution in [0.5, 0.6) is 0 Å². The first-order chi connectivity index (χ1) is 15.7. The van der Waals surface area contributed by atoms with Crippen molar-refractivity contribution in [2.24, 2.45) is 0 Å². The Hall–Kier alpha value is -3.42. The molecule has 0 bridgehead atoms. The van der Waals surface area contributed by atoms with Crippen LogP contribution in [0.3, 0.4) is 0 Å². The molecular formula is C25H21N3O2S2. The van der Waals surface area contributed by atoms with Crippen molar-refractivity contribution in [1.82, 2.24) is 0 Å². The second kappa shape index (κ2) is 8.98. The van der Waals surface area contributed by atoms with Crippen LogP contribution >= 0.6 is 22.7 Å². The van der Waals surface area contributed by atoms with Crippen molar-refractivity contribution < 1.29 is 9.59 Å². The quantitative estimate of drug-likeness (QED) is 0.392. The second-order valence-electron chi connectivity index (χ2n) is 7.55. The number of nitrogens with zero attached hydrogens (tertiary/aromatic N) is 1. The number of thiophene rings is 2. The lowest BCUT2D eigenvalue weighted by molar-refractivity contribution is 0.102. The minimum atomic E-state index is -0.264. The number of anilines is 3. The Morgan fingerprint density at radius 1 is 0.875 bits per heavy atom. The Balaban J connectivity index is 1.27.